The molecule has 1 N–H and O–H groups in total. The summed E-state index contributed by atoms with van der Waals surface area (Å²) in [6, 6.07) is 11.6. The van der Waals surface area contributed by atoms with E-state index in [9.17, 15) is 8.42 Å². The van der Waals surface area contributed by atoms with Gasteiger partial charge in [-0.3, -0.25) is 9.30 Å². The third kappa shape index (κ3) is 3.73. The van der Waals surface area contributed by atoms with Crippen molar-refractivity contribution in [1.82, 2.24) is 15.1 Å². The average Bonchev–Trinajstić information content (AvgIpc) is 3.07. The average molecular weight is 401 g/mol. The molecule has 1 saturated heterocycles. The number of aromatic nitrogens is 2. The molecular formula is C19H23N5O3S. The standard InChI is InChI=1S/C19H23N5O3S/c1-27-19-8-7-16(14-21-19)24-17(15-5-3-2-4-6-15)13-18(22-24)23-11-9-20-10-12-28(23,25)26/h2-7,13-14,19-20H,8-12H2,1H3. The highest BCUT2D eigenvalue weighted by Gasteiger charge is 2.28. The number of benzene rings is 1. The van der Waals surface area contributed by atoms with Crippen LogP contribution in [-0.4, -0.2) is 63.1 Å². The van der Waals surface area contributed by atoms with E-state index in [1.807, 2.05) is 42.5 Å². The number of anilines is 1. The zero-order valence-corrected chi connectivity index (χ0v) is 16.5. The molecule has 0 bridgehead atoms. The van der Waals surface area contributed by atoms with E-state index in [4.69, 9.17) is 4.74 Å². The van der Waals surface area contributed by atoms with Crippen LogP contribution in [0, 0.1) is 0 Å². The van der Waals surface area contributed by atoms with Crippen molar-refractivity contribution < 1.29 is 13.2 Å². The molecule has 1 fully saturated rings. The van der Waals surface area contributed by atoms with Crippen molar-refractivity contribution in [2.75, 3.05) is 36.8 Å². The summed E-state index contributed by atoms with van der Waals surface area (Å²) >= 11 is 0. The molecule has 2 aliphatic heterocycles. The highest BCUT2D eigenvalue weighted by atomic mass is 32.2. The van der Waals surface area contributed by atoms with E-state index in [1.54, 1.807) is 18.0 Å². The quantitative estimate of drug-likeness (QED) is 0.840. The summed E-state index contributed by atoms with van der Waals surface area (Å²) in [7, 11) is -1.79. The summed E-state index contributed by atoms with van der Waals surface area (Å²) in [5, 5.41) is 7.79. The number of allylic oxidation sites excluding steroid dienone is 1. The second-order valence-corrected chi connectivity index (χ2v) is 8.65. The Morgan fingerprint density at radius 1 is 1.21 bits per heavy atom. The van der Waals surface area contributed by atoms with Gasteiger partial charge in [-0.2, -0.15) is 0 Å². The van der Waals surface area contributed by atoms with Crippen LogP contribution < -0.4 is 9.62 Å². The van der Waals surface area contributed by atoms with Gasteiger partial charge in [0.2, 0.25) is 10.0 Å². The molecule has 9 heteroatoms. The second-order valence-electron chi connectivity index (χ2n) is 6.64. The minimum absolute atomic E-state index is 0.0558. The minimum atomic E-state index is -3.42. The molecule has 0 aliphatic carbocycles. The number of nitrogens with one attached hydrogen (secondary N) is 1. The van der Waals surface area contributed by atoms with E-state index in [-0.39, 0.29) is 12.0 Å². The van der Waals surface area contributed by atoms with Gasteiger partial charge in [0.25, 0.3) is 0 Å². The fourth-order valence-corrected chi connectivity index (χ4v) is 4.67. The fraction of sp³-hybridized carbons (Fsp3) is 0.368. The van der Waals surface area contributed by atoms with Crippen molar-refractivity contribution in [3.05, 3.63) is 42.5 Å². The molecular weight excluding hydrogens is 378 g/mol. The molecule has 2 aliphatic rings. The van der Waals surface area contributed by atoms with Crippen molar-refractivity contribution >= 4 is 27.8 Å². The first-order chi connectivity index (χ1) is 13.6. The predicted octanol–water partition coefficient (Wildman–Crippen LogP) is 1.58. The molecule has 4 rings (SSSR count). The number of hydrogen-bond donors (Lipinski definition) is 1. The van der Waals surface area contributed by atoms with Crippen LogP contribution in [0.3, 0.4) is 0 Å². The molecule has 0 spiro atoms. The van der Waals surface area contributed by atoms with E-state index in [1.165, 1.54) is 4.31 Å². The Kier molecular flexibility index (Phi) is 5.29. The Labute approximate surface area is 164 Å². The molecule has 0 saturated carbocycles. The van der Waals surface area contributed by atoms with Crippen LogP contribution in [0.4, 0.5) is 5.82 Å². The lowest BCUT2D eigenvalue weighted by atomic mass is 10.1. The summed E-state index contributed by atoms with van der Waals surface area (Å²) in [6.07, 6.45) is 4.16. The summed E-state index contributed by atoms with van der Waals surface area (Å²) in [5.41, 5.74) is 2.56. The zero-order valence-electron chi connectivity index (χ0n) is 15.7. The fourth-order valence-electron chi connectivity index (χ4n) is 3.31. The SMILES string of the molecule is COC1CC=C(n2nc(N3CCNCCS3(=O)=O)cc2-c2ccccc2)C=N1. The zero-order chi connectivity index (χ0) is 19.6. The van der Waals surface area contributed by atoms with Gasteiger partial charge in [0.05, 0.1) is 17.1 Å². The molecule has 148 valence electrons. The lowest BCUT2D eigenvalue weighted by Gasteiger charge is -2.19. The number of dihydropyridines is 1. The number of ether oxygens (including phenoxy) is 1. The van der Waals surface area contributed by atoms with E-state index in [0.29, 0.717) is 31.9 Å². The Hall–Kier alpha value is -2.49. The number of nitrogens with zero attached hydrogens (tertiary/aromatic N) is 4. The van der Waals surface area contributed by atoms with Gasteiger partial charge in [-0.25, -0.2) is 13.1 Å². The molecule has 2 aromatic rings. The van der Waals surface area contributed by atoms with Crippen LogP contribution in [0.15, 0.2) is 47.5 Å². The van der Waals surface area contributed by atoms with Gasteiger partial charge in [-0.15, -0.1) is 5.10 Å². The van der Waals surface area contributed by atoms with Gasteiger partial charge in [-0.1, -0.05) is 36.4 Å². The topological polar surface area (TPSA) is 88.8 Å². The maximum Gasteiger partial charge on any atom is 0.237 e. The summed E-state index contributed by atoms with van der Waals surface area (Å²) in [4.78, 5) is 4.39. The smallest absolute Gasteiger partial charge is 0.237 e. The van der Waals surface area contributed by atoms with Crippen LogP contribution in [-0.2, 0) is 14.8 Å². The molecule has 0 amide bonds. The monoisotopic (exact) mass is 401 g/mol. The third-order valence-corrected chi connectivity index (χ3v) is 6.57. The van der Waals surface area contributed by atoms with E-state index < -0.39 is 10.0 Å². The van der Waals surface area contributed by atoms with E-state index in [0.717, 1.165) is 17.0 Å². The highest BCUT2D eigenvalue weighted by molar-refractivity contribution is 7.92. The molecule has 1 aromatic carbocycles. The van der Waals surface area contributed by atoms with Crippen molar-refractivity contribution in [2.45, 2.75) is 12.6 Å². The molecule has 1 unspecified atom stereocenters. The summed E-state index contributed by atoms with van der Waals surface area (Å²) in [6.45, 7) is 1.39. The molecule has 28 heavy (non-hydrogen) atoms. The Morgan fingerprint density at radius 3 is 2.75 bits per heavy atom. The van der Waals surface area contributed by atoms with Crippen molar-refractivity contribution in [3.63, 3.8) is 0 Å². The number of methoxy groups -OCH3 is 1. The minimum Gasteiger partial charge on any atom is -0.359 e. The largest absolute Gasteiger partial charge is 0.359 e. The van der Waals surface area contributed by atoms with Gasteiger partial charge in [0.15, 0.2) is 12.0 Å². The van der Waals surface area contributed by atoms with E-state index >= 15 is 0 Å². The number of rotatable bonds is 4. The lowest BCUT2D eigenvalue weighted by Crippen LogP contribution is -2.34. The number of aliphatic imine (C=N–C) groups is 1. The van der Waals surface area contributed by atoms with Crippen LogP contribution in [0.25, 0.3) is 17.0 Å². The summed E-state index contributed by atoms with van der Waals surface area (Å²) < 4.78 is 33.8. The maximum atomic E-state index is 12.7. The first-order valence-electron chi connectivity index (χ1n) is 9.21. The molecule has 8 nitrogen and oxygen atoms in total. The number of sulfonamides is 1. The number of hydrogen-bond acceptors (Lipinski definition) is 6. The lowest BCUT2D eigenvalue weighted by molar-refractivity contribution is 0.113. The normalized spacial score (nSPS) is 22.0. The molecule has 1 atom stereocenters. The molecule has 0 radical (unpaired) electrons. The van der Waals surface area contributed by atoms with Crippen molar-refractivity contribution in [2.24, 2.45) is 4.99 Å². The van der Waals surface area contributed by atoms with Crippen LogP contribution in [0.2, 0.25) is 0 Å². The Morgan fingerprint density at radius 2 is 2.04 bits per heavy atom. The summed E-state index contributed by atoms with van der Waals surface area (Å²) in [5.74, 6) is 0.478. The third-order valence-electron chi connectivity index (χ3n) is 4.80. The molecule has 3 heterocycles. The Balaban J connectivity index is 1.79. The van der Waals surface area contributed by atoms with Crippen LogP contribution >= 0.6 is 0 Å². The van der Waals surface area contributed by atoms with Gasteiger partial charge in [0.1, 0.15) is 0 Å². The van der Waals surface area contributed by atoms with Gasteiger partial charge < -0.3 is 10.1 Å². The van der Waals surface area contributed by atoms with Gasteiger partial charge >= 0.3 is 0 Å². The molecule has 1 aromatic heterocycles. The van der Waals surface area contributed by atoms with Crippen LogP contribution in [0.1, 0.15) is 6.42 Å². The van der Waals surface area contributed by atoms with Crippen molar-refractivity contribution in [3.8, 4) is 11.3 Å². The van der Waals surface area contributed by atoms with Gasteiger partial charge in [0, 0.05) is 51.0 Å². The Bertz CT molecular complexity index is 998. The van der Waals surface area contributed by atoms with Crippen molar-refractivity contribution in [1.29, 1.82) is 0 Å². The van der Waals surface area contributed by atoms with Crippen LogP contribution in [0.5, 0.6) is 0 Å². The van der Waals surface area contributed by atoms with Gasteiger partial charge in [-0.05, 0) is 0 Å². The van der Waals surface area contributed by atoms with E-state index in [2.05, 4.69) is 15.4 Å². The predicted molar refractivity (Wildman–Crippen MR) is 110 cm³/mol. The maximum absolute atomic E-state index is 12.7. The second kappa shape index (κ2) is 7.86. The first kappa shape index (κ1) is 18.9. The highest BCUT2D eigenvalue weighted by Crippen LogP contribution is 2.29. The first-order valence-corrected chi connectivity index (χ1v) is 10.8.